The Labute approximate surface area is 128 Å². The zero-order valence-corrected chi connectivity index (χ0v) is 12.6. The summed E-state index contributed by atoms with van der Waals surface area (Å²) in [5.41, 5.74) is 14.9. The minimum absolute atomic E-state index is 0.243. The van der Waals surface area contributed by atoms with Gasteiger partial charge in [0, 0.05) is 18.3 Å². The van der Waals surface area contributed by atoms with Crippen LogP contribution in [0, 0.1) is 0 Å². The summed E-state index contributed by atoms with van der Waals surface area (Å²) in [4.78, 5) is 13.1. The molecule has 1 aromatic carbocycles. The molecular formula is C15H19N7. The minimum Gasteiger partial charge on any atom is -0.382 e. The number of hydrogen-bond donors (Lipinski definition) is 3. The fourth-order valence-electron chi connectivity index (χ4n) is 2.28. The monoisotopic (exact) mass is 297 g/mol. The first kappa shape index (κ1) is 14.3. The Kier molecular flexibility index (Phi) is 3.64. The number of nitrogens with one attached hydrogen (secondary N) is 1. The molecule has 0 spiro atoms. The number of benzene rings is 1. The van der Waals surface area contributed by atoms with Gasteiger partial charge < -0.3 is 21.4 Å². The van der Waals surface area contributed by atoms with E-state index in [1.54, 1.807) is 6.33 Å². The van der Waals surface area contributed by atoms with Crippen molar-refractivity contribution in [1.82, 2.24) is 19.5 Å². The van der Waals surface area contributed by atoms with Gasteiger partial charge in [-0.1, -0.05) is 12.1 Å². The van der Waals surface area contributed by atoms with Crippen molar-refractivity contribution in [2.45, 2.75) is 26.4 Å². The summed E-state index contributed by atoms with van der Waals surface area (Å²) >= 11 is 0. The summed E-state index contributed by atoms with van der Waals surface area (Å²) in [5.74, 6) is 0.809. The van der Waals surface area contributed by atoms with Gasteiger partial charge in [-0.2, -0.15) is 9.97 Å². The largest absolute Gasteiger partial charge is 0.382 e. The van der Waals surface area contributed by atoms with E-state index < -0.39 is 0 Å². The number of hydrogen-bond acceptors (Lipinski definition) is 6. The minimum atomic E-state index is 0.243. The first-order valence-electron chi connectivity index (χ1n) is 7.14. The highest BCUT2D eigenvalue weighted by Crippen LogP contribution is 2.23. The van der Waals surface area contributed by atoms with Crippen molar-refractivity contribution in [2.75, 3.05) is 11.1 Å². The average molecular weight is 297 g/mol. The van der Waals surface area contributed by atoms with Crippen LogP contribution in [0.2, 0.25) is 0 Å². The highest BCUT2D eigenvalue weighted by Gasteiger charge is 2.13. The summed E-state index contributed by atoms with van der Waals surface area (Å²) < 4.78 is 1.97. The maximum atomic E-state index is 5.99. The Hall–Kier alpha value is -2.67. The lowest BCUT2D eigenvalue weighted by atomic mass is 10.2. The lowest BCUT2D eigenvalue weighted by Crippen LogP contribution is -2.05. The molecule has 0 fully saturated rings. The number of nitrogen functional groups attached to an aromatic ring is 1. The van der Waals surface area contributed by atoms with Crippen LogP contribution in [0.1, 0.15) is 25.5 Å². The number of aromatic nitrogens is 4. The second-order valence-corrected chi connectivity index (χ2v) is 5.38. The van der Waals surface area contributed by atoms with Gasteiger partial charge in [0.15, 0.2) is 11.5 Å². The molecule has 0 aliphatic heterocycles. The van der Waals surface area contributed by atoms with Crippen LogP contribution in [0.5, 0.6) is 0 Å². The maximum Gasteiger partial charge on any atom is 0.231 e. The average Bonchev–Trinajstić information content (AvgIpc) is 2.92. The van der Waals surface area contributed by atoms with E-state index in [9.17, 15) is 0 Å². The second-order valence-electron chi connectivity index (χ2n) is 5.38. The normalized spacial score (nSPS) is 11.3. The third-order valence-corrected chi connectivity index (χ3v) is 3.42. The van der Waals surface area contributed by atoms with E-state index in [2.05, 4.69) is 34.1 Å². The van der Waals surface area contributed by atoms with E-state index in [0.29, 0.717) is 23.8 Å². The molecular weight excluding hydrogens is 278 g/mol. The van der Waals surface area contributed by atoms with E-state index in [1.165, 1.54) is 0 Å². The molecule has 7 nitrogen and oxygen atoms in total. The standard InChI is InChI=1S/C15H19N7/c1-9(2)22-8-18-12-13(17)20-15(21-14(12)22)19-11-5-3-4-10(6-11)7-16/h3-6,8-9H,7,16H2,1-2H3,(H3,17,19,20,21). The Bertz CT molecular complexity index is 807. The number of nitrogens with two attached hydrogens (primary N) is 2. The third kappa shape index (κ3) is 2.58. The molecule has 2 aromatic heterocycles. The lowest BCUT2D eigenvalue weighted by molar-refractivity contribution is 0.613. The summed E-state index contributed by atoms with van der Waals surface area (Å²) in [6.07, 6.45) is 1.74. The van der Waals surface area contributed by atoms with E-state index >= 15 is 0 Å². The molecule has 0 atom stereocenters. The summed E-state index contributed by atoms with van der Waals surface area (Å²) in [6, 6.07) is 8.04. The molecule has 0 bridgehead atoms. The van der Waals surface area contributed by atoms with E-state index in [-0.39, 0.29) is 6.04 Å². The highest BCUT2D eigenvalue weighted by molar-refractivity contribution is 5.83. The molecule has 0 aliphatic carbocycles. The molecule has 0 unspecified atom stereocenters. The Morgan fingerprint density at radius 3 is 2.82 bits per heavy atom. The van der Waals surface area contributed by atoms with Gasteiger partial charge >= 0.3 is 0 Å². The van der Waals surface area contributed by atoms with Gasteiger partial charge in [-0.3, -0.25) is 0 Å². The smallest absolute Gasteiger partial charge is 0.231 e. The number of anilines is 3. The van der Waals surface area contributed by atoms with Gasteiger partial charge in [-0.15, -0.1) is 0 Å². The van der Waals surface area contributed by atoms with Crippen LogP contribution in [0.25, 0.3) is 11.2 Å². The SMILES string of the molecule is CC(C)n1cnc2c(N)nc(Nc3cccc(CN)c3)nc21. The van der Waals surface area contributed by atoms with Gasteiger partial charge in [0.1, 0.15) is 5.52 Å². The van der Waals surface area contributed by atoms with Crippen molar-refractivity contribution < 1.29 is 0 Å². The molecule has 5 N–H and O–H groups in total. The first-order valence-corrected chi connectivity index (χ1v) is 7.14. The molecule has 3 aromatic rings. The highest BCUT2D eigenvalue weighted by atomic mass is 15.2. The van der Waals surface area contributed by atoms with Crippen LogP contribution in [0.15, 0.2) is 30.6 Å². The zero-order valence-electron chi connectivity index (χ0n) is 12.6. The fraction of sp³-hybridized carbons (Fsp3) is 0.267. The van der Waals surface area contributed by atoms with Gasteiger partial charge in [0.05, 0.1) is 6.33 Å². The topological polar surface area (TPSA) is 108 Å². The summed E-state index contributed by atoms with van der Waals surface area (Å²) in [5, 5.41) is 3.17. The van der Waals surface area contributed by atoms with Gasteiger partial charge in [-0.25, -0.2) is 4.98 Å². The molecule has 0 radical (unpaired) electrons. The predicted molar refractivity (Wildman–Crippen MR) is 87.7 cm³/mol. The molecule has 0 amide bonds. The molecule has 0 aliphatic rings. The van der Waals surface area contributed by atoms with E-state index in [4.69, 9.17) is 11.5 Å². The predicted octanol–water partition coefficient (Wildman–Crippen LogP) is 2.19. The van der Waals surface area contributed by atoms with Crippen LogP contribution < -0.4 is 16.8 Å². The molecule has 0 saturated carbocycles. The number of nitrogens with zero attached hydrogens (tertiary/aromatic N) is 4. The van der Waals surface area contributed by atoms with E-state index in [0.717, 1.165) is 16.9 Å². The molecule has 114 valence electrons. The second kappa shape index (κ2) is 5.61. The van der Waals surface area contributed by atoms with E-state index in [1.807, 2.05) is 28.8 Å². The molecule has 3 rings (SSSR count). The van der Waals surface area contributed by atoms with Gasteiger partial charge in [0.25, 0.3) is 0 Å². The third-order valence-electron chi connectivity index (χ3n) is 3.42. The van der Waals surface area contributed by atoms with Crippen LogP contribution in [-0.4, -0.2) is 19.5 Å². The number of fused-ring (bicyclic) bond motifs is 1. The Morgan fingerprint density at radius 1 is 1.27 bits per heavy atom. The Balaban J connectivity index is 2.01. The van der Waals surface area contributed by atoms with Crippen LogP contribution in [0.4, 0.5) is 17.5 Å². The van der Waals surface area contributed by atoms with Crippen LogP contribution >= 0.6 is 0 Å². The summed E-state index contributed by atoms with van der Waals surface area (Å²) in [7, 11) is 0. The lowest BCUT2D eigenvalue weighted by Gasteiger charge is -2.10. The zero-order chi connectivity index (χ0) is 15.7. The molecule has 7 heteroatoms. The molecule has 2 heterocycles. The van der Waals surface area contributed by atoms with Gasteiger partial charge in [-0.05, 0) is 31.5 Å². The van der Waals surface area contributed by atoms with Crippen molar-refractivity contribution >= 4 is 28.6 Å². The Morgan fingerprint density at radius 2 is 2.09 bits per heavy atom. The quantitative estimate of drug-likeness (QED) is 0.681. The van der Waals surface area contributed by atoms with Crippen LogP contribution in [-0.2, 0) is 6.54 Å². The van der Waals surface area contributed by atoms with Gasteiger partial charge in [0.2, 0.25) is 5.95 Å². The van der Waals surface area contributed by atoms with Crippen molar-refractivity contribution in [2.24, 2.45) is 5.73 Å². The number of rotatable bonds is 4. The van der Waals surface area contributed by atoms with Crippen molar-refractivity contribution in [3.05, 3.63) is 36.2 Å². The molecule has 0 saturated heterocycles. The summed E-state index contributed by atoms with van der Waals surface area (Å²) in [6.45, 7) is 4.62. The van der Waals surface area contributed by atoms with Crippen molar-refractivity contribution in [1.29, 1.82) is 0 Å². The first-order chi connectivity index (χ1) is 10.6. The van der Waals surface area contributed by atoms with Crippen molar-refractivity contribution in [3.63, 3.8) is 0 Å². The van der Waals surface area contributed by atoms with Crippen molar-refractivity contribution in [3.8, 4) is 0 Å². The van der Waals surface area contributed by atoms with Crippen LogP contribution in [0.3, 0.4) is 0 Å². The molecule has 22 heavy (non-hydrogen) atoms. The fourth-order valence-corrected chi connectivity index (χ4v) is 2.28. The number of imidazole rings is 1. The maximum absolute atomic E-state index is 5.99.